The van der Waals surface area contributed by atoms with Gasteiger partial charge in [-0.1, -0.05) is 11.3 Å². The Labute approximate surface area is 224 Å². The summed E-state index contributed by atoms with van der Waals surface area (Å²) in [5.74, 6) is 0.938. The summed E-state index contributed by atoms with van der Waals surface area (Å²) in [7, 11) is 0. The van der Waals surface area contributed by atoms with Crippen molar-refractivity contribution < 1.29 is 4.79 Å². The molecule has 38 heavy (non-hydrogen) atoms. The summed E-state index contributed by atoms with van der Waals surface area (Å²) in [5.41, 5.74) is 4.82. The van der Waals surface area contributed by atoms with Crippen LogP contribution in [-0.2, 0) is 4.79 Å². The fourth-order valence-electron chi connectivity index (χ4n) is 5.75. The van der Waals surface area contributed by atoms with Gasteiger partial charge in [0.1, 0.15) is 6.07 Å². The Morgan fingerprint density at radius 3 is 2.66 bits per heavy atom. The van der Waals surface area contributed by atoms with Gasteiger partial charge in [-0.15, -0.1) is 10.2 Å². The van der Waals surface area contributed by atoms with Crippen molar-refractivity contribution in [2.75, 3.05) is 23.3 Å². The topological polar surface area (TPSA) is 124 Å². The van der Waals surface area contributed by atoms with Crippen LogP contribution in [0.3, 0.4) is 0 Å². The highest BCUT2D eigenvalue weighted by atomic mass is 32.1. The van der Waals surface area contributed by atoms with Crippen molar-refractivity contribution in [2.24, 2.45) is 11.8 Å². The lowest BCUT2D eigenvalue weighted by Crippen LogP contribution is -2.52. The molecule has 2 aliphatic rings. The summed E-state index contributed by atoms with van der Waals surface area (Å²) in [6.07, 6.45) is 5.67. The molecule has 1 aliphatic carbocycles. The van der Waals surface area contributed by atoms with Gasteiger partial charge >= 0.3 is 0 Å². The van der Waals surface area contributed by atoms with Crippen LogP contribution >= 0.6 is 11.3 Å². The van der Waals surface area contributed by atoms with Crippen LogP contribution in [0.5, 0.6) is 0 Å². The second-order valence-corrected chi connectivity index (χ2v) is 11.4. The largest absolute Gasteiger partial charge is 0.382 e. The van der Waals surface area contributed by atoms with Gasteiger partial charge in [0.05, 0.1) is 34.2 Å². The molecule has 1 aliphatic heterocycles. The molecule has 1 saturated heterocycles. The van der Waals surface area contributed by atoms with Gasteiger partial charge in [-0.25, -0.2) is 4.52 Å². The maximum atomic E-state index is 11.7. The van der Waals surface area contributed by atoms with Crippen LogP contribution in [0.1, 0.15) is 39.2 Å². The summed E-state index contributed by atoms with van der Waals surface area (Å²) < 4.78 is 1.80. The molecular formula is C27H29N9OS. The Balaban J connectivity index is 1.29. The van der Waals surface area contributed by atoms with E-state index in [1.165, 1.54) is 0 Å². The molecule has 0 aromatic carbocycles. The number of anilines is 2. The lowest BCUT2D eigenvalue weighted by molar-refractivity contribution is -0.120. The third-order valence-electron chi connectivity index (χ3n) is 7.36. The number of nitrogens with zero attached hydrogens (tertiary/aromatic N) is 7. The molecule has 4 aromatic rings. The molecule has 4 aromatic heterocycles. The number of carbonyl (C=O) groups excluding carboxylic acids is 1. The molecule has 3 atom stereocenters. The maximum Gasteiger partial charge on any atom is 0.217 e. The zero-order valence-corrected chi connectivity index (χ0v) is 22.4. The van der Waals surface area contributed by atoms with E-state index in [0.717, 1.165) is 64.2 Å². The Kier molecular flexibility index (Phi) is 6.19. The normalized spacial score (nSPS) is 20.6. The lowest BCUT2D eigenvalue weighted by Gasteiger charge is -2.37. The van der Waals surface area contributed by atoms with Crippen LogP contribution in [0.2, 0.25) is 0 Å². The molecule has 2 N–H and O–H groups in total. The van der Waals surface area contributed by atoms with Gasteiger partial charge in [-0.05, 0) is 62.8 Å². The Bertz CT molecular complexity index is 1540. The van der Waals surface area contributed by atoms with Crippen molar-refractivity contribution in [3.05, 3.63) is 42.2 Å². The molecule has 0 radical (unpaired) electrons. The van der Waals surface area contributed by atoms with Gasteiger partial charge in [0, 0.05) is 44.0 Å². The summed E-state index contributed by atoms with van der Waals surface area (Å²) in [4.78, 5) is 18.8. The van der Waals surface area contributed by atoms with Crippen LogP contribution in [0.15, 0.2) is 36.7 Å². The highest BCUT2D eigenvalue weighted by molar-refractivity contribution is 7.18. The van der Waals surface area contributed by atoms with Crippen molar-refractivity contribution in [2.45, 2.75) is 45.7 Å². The predicted octanol–water partition coefficient (Wildman–Crippen LogP) is 3.96. The van der Waals surface area contributed by atoms with E-state index < -0.39 is 0 Å². The van der Waals surface area contributed by atoms with E-state index in [4.69, 9.17) is 4.98 Å². The third-order valence-corrected chi connectivity index (χ3v) is 8.38. The highest BCUT2D eigenvalue weighted by Crippen LogP contribution is 2.41. The van der Waals surface area contributed by atoms with Crippen LogP contribution in [0.4, 0.5) is 10.8 Å². The number of rotatable bonds is 6. The molecule has 5 heterocycles. The van der Waals surface area contributed by atoms with Crippen molar-refractivity contribution in [1.29, 1.82) is 5.26 Å². The minimum absolute atomic E-state index is 0.0514. The van der Waals surface area contributed by atoms with E-state index in [0.29, 0.717) is 17.4 Å². The lowest BCUT2D eigenvalue weighted by atomic mass is 9.92. The third kappa shape index (κ3) is 4.45. The molecule has 194 valence electrons. The number of nitriles is 1. The number of fused-ring (bicyclic) bond motifs is 3. The summed E-state index contributed by atoms with van der Waals surface area (Å²) in [5, 5.41) is 31.2. The molecule has 2 bridgehead atoms. The number of nitrogens with one attached hydrogen (secondary N) is 2. The second-order valence-electron chi connectivity index (χ2n) is 10.4. The quantitative estimate of drug-likeness (QED) is 0.386. The maximum absolute atomic E-state index is 11.7. The highest BCUT2D eigenvalue weighted by Gasteiger charge is 2.43. The molecule has 6 rings (SSSR count). The molecule has 1 amide bonds. The van der Waals surface area contributed by atoms with Gasteiger partial charge < -0.3 is 15.5 Å². The summed E-state index contributed by atoms with van der Waals surface area (Å²) in [6.45, 7) is 7.56. The second kappa shape index (κ2) is 9.68. The molecule has 1 unspecified atom stereocenters. The number of hydrogen-bond acceptors (Lipinski definition) is 9. The Morgan fingerprint density at radius 2 is 1.95 bits per heavy atom. The molecule has 2 fully saturated rings. The van der Waals surface area contributed by atoms with Gasteiger partial charge in [0.2, 0.25) is 11.0 Å². The predicted molar refractivity (Wildman–Crippen MR) is 147 cm³/mol. The minimum atomic E-state index is 0.0514. The Hall–Kier alpha value is -4.04. The fraction of sp³-hybridized carbons (Fsp3) is 0.407. The summed E-state index contributed by atoms with van der Waals surface area (Å²) in [6, 6.07) is 10.3. The van der Waals surface area contributed by atoms with Crippen molar-refractivity contribution in [1.82, 2.24) is 30.1 Å². The van der Waals surface area contributed by atoms with Gasteiger partial charge in [-0.3, -0.25) is 9.78 Å². The first-order chi connectivity index (χ1) is 18.4. The number of amides is 1. The van der Waals surface area contributed by atoms with Crippen LogP contribution in [-0.4, -0.2) is 55.9 Å². The molecular weight excluding hydrogens is 498 g/mol. The number of piperidine rings is 1. The fourth-order valence-corrected chi connectivity index (χ4v) is 6.64. The van der Waals surface area contributed by atoms with Crippen molar-refractivity contribution in [3.63, 3.8) is 0 Å². The summed E-state index contributed by atoms with van der Waals surface area (Å²) >= 11 is 1.58. The standard InChI is InChI=1S/C27H29N9OS/c1-15(2)31-22-9-23(24-7-6-20-8-17(10-28)11-30-36(20)24)29-12-21(22)26-33-34-27(38-26)35-13-18-4-5-19(14-35)25(18)32-16(3)37/h6-9,11-12,15,18-19,25H,4-5,13-14H2,1-3H3,(H,29,31)(H,32,37)/t18-,19+,25?. The smallest absolute Gasteiger partial charge is 0.217 e. The zero-order chi connectivity index (χ0) is 26.4. The monoisotopic (exact) mass is 527 g/mol. The first kappa shape index (κ1) is 24.3. The van der Waals surface area contributed by atoms with E-state index in [2.05, 4.69) is 50.7 Å². The van der Waals surface area contributed by atoms with E-state index >= 15 is 0 Å². The van der Waals surface area contributed by atoms with Gasteiger partial charge in [-0.2, -0.15) is 10.4 Å². The number of carbonyl (C=O) groups is 1. The van der Waals surface area contributed by atoms with E-state index in [-0.39, 0.29) is 18.0 Å². The average Bonchev–Trinajstić information content (AvgIpc) is 3.59. The molecule has 10 nitrogen and oxygen atoms in total. The molecule has 11 heteroatoms. The first-order valence-electron chi connectivity index (χ1n) is 12.9. The van der Waals surface area contributed by atoms with Crippen molar-refractivity contribution in [3.8, 4) is 28.0 Å². The average molecular weight is 528 g/mol. The van der Waals surface area contributed by atoms with Gasteiger partial charge in [0.15, 0.2) is 5.01 Å². The zero-order valence-electron chi connectivity index (χ0n) is 21.5. The first-order valence-corrected chi connectivity index (χ1v) is 13.7. The Morgan fingerprint density at radius 1 is 1.16 bits per heavy atom. The van der Waals surface area contributed by atoms with E-state index in [1.54, 1.807) is 29.0 Å². The van der Waals surface area contributed by atoms with Gasteiger partial charge in [0.25, 0.3) is 0 Å². The number of hydrogen-bond donors (Lipinski definition) is 2. The minimum Gasteiger partial charge on any atom is -0.382 e. The van der Waals surface area contributed by atoms with Crippen LogP contribution < -0.4 is 15.5 Å². The van der Waals surface area contributed by atoms with Crippen LogP contribution in [0.25, 0.3) is 27.5 Å². The number of aromatic nitrogens is 5. The van der Waals surface area contributed by atoms with Crippen molar-refractivity contribution >= 4 is 33.6 Å². The molecule has 1 saturated carbocycles. The van der Waals surface area contributed by atoms with E-state index in [1.807, 2.05) is 30.5 Å². The van der Waals surface area contributed by atoms with E-state index in [9.17, 15) is 10.1 Å². The SMILES string of the molecule is CC(=O)NC1[C@@H]2CC[C@H]1CN(c1nnc(-c3cnc(-c4ccc5cc(C#N)cnn45)cc3NC(C)C)s1)C2. The number of pyridine rings is 1. The van der Waals surface area contributed by atoms with Crippen LogP contribution in [0, 0.1) is 23.2 Å². The molecule has 0 spiro atoms.